The van der Waals surface area contributed by atoms with Crippen LogP contribution in [0.4, 0.5) is 0 Å². The number of rotatable bonds is 2. The number of hydrogen-bond donors (Lipinski definition) is 1. The minimum absolute atomic E-state index is 0.124. The first-order chi connectivity index (χ1) is 11.6. The van der Waals surface area contributed by atoms with Crippen LogP contribution in [0, 0.1) is 6.92 Å². The van der Waals surface area contributed by atoms with Crippen LogP contribution in [0.5, 0.6) is 17.2 Å². The number of benzene rings is 2. The Hall–Kier alpha value is -3.21. The van der Waals surface area contributed by atoms with Crippen LogP contribution in [0.3, 0.4) is 0 Å². The molecule has 1 aliphatic heterocycles. The fraction of sp³-hybridized carbons (Fsp3) is 0.105. The van der Waals surface area contributed by atoms with Gasteiger partial charge < -0.3 is 19.0 Å². The second-order valence-electron chi connectivity index (χ2n) is 5.56. The summed E-state index contributed by atoms with van der Waals surface area (Å²) >= 11 is 0. The molecule has 0 spiro atoms. The molecular weight excluding hydrogens is 308 g/mol. The van der Waals surface area contributed by atoms with Crippen LogP contribution in [0.1, 0.15) is 21.5 Å². The summed E-state index contributed by atoms with van der Waals surface area (Å²) in [6, 6.07) is 8.41. The van der Waals surface area contributed by atoms with Crippen molar-refractivity contribution < 1.29 is 23.8 Å². The minimum atomic E-state index is -0.216. The van der Waals surface area contributed by atoms with Gasteiger partial charge >= 0.3 is 0 Å². The molecule has 5 nitrogen and oxygen atoms in total. The molecule has 0 bridgehead atoms. The number of aryl methyl sites for hydroxylation is 1. The number of ether oxygens (including phenoxy) is 2. The molecule has 120 valence electrons. The third-order valence-electron chi connectivity index (χ3n) is 4.12. The standard InChI is InChI=1S/C19H14O5/c1-10-13-6-7-23-17(13)19(22-2)18-15(10)16(21)14(24-18)9-11-4-3-5-12(20)8-11/h3-9,20H,1-2H3/b14-9+. The van der Waals surface area contributed by atoms with Gasteiger partial charge in [0.2, 0.25) is 11.5 Å². The van der Waals surface area contributed by atoms with Gasteiger partial charge in [-0.15, -0.1) is 0 Å². The fourth-order valence-corrected chi connectivity index (χ4v) is 3.00. The molecule has 1 aliphatic rings. The molecule has 24 heavy (non-hydrogen) atoms. The van der Waals surface area contributed by atoms with E-state index in [9.17, 15) is 9.90 Å². The largest absolute Gasteiger partial charge is 0.508 e. The number of hydrogen-bond acceptors (Lipinski definition) is 5. The van der Waals surface area contributed by atoms with Gasteiger partial charge in [0.15, 0.2) is 17.1 Å². The summed E-state index contributed by atoms with van der Waals surface area (Å²) in [7, 11) is 1.51. The number of aromatic hydroxyl groups is 1. The number of allylic oxidation sites excluding steroid dienone is 1. The first kappa shape index (κ1) is 14.4. The molecule has 0 saturated carbocycles. The number of carbonyl (C=O) groups excluding carboxylic acids is 1. The molecule has 5 heteroatoms. The van der Waals surface area contributed by atoms with E-state index in [4.69, 9.17) is 13.9 Å². The van der Waals surface area contributed by atoms with Gasteiger partial charge in [-0.2, -0.15) is 0 Å². The van der Waals surface area contributed by atoms with E-state index in [0.717, 1.165) is 10.9 Å². The van der Waals surface area contributed by atoms with E-state index in [0.29, 0.717) is 28.2 Å². The van der Waals surface area contributed by atoms with Crippen LogP contribution in [0.2, 0.25) is 0 Å². The first-order valence-electron chi connectivity index (χ1n) is 7.41. The highest BCUT2D eigenvalue weighted by Gasteiger charge is 2.35. The molecule has 3 aromatic rings. The molecule has 0 unspecified atom stereocenters. The zero-order valence-corrected chi connectivity index (χ0v) is 13.1. The van der Waals surface area contributed by atoms with E-state index in [1.54, 1.807) is 42.7 Å². The van der Waals surface area contributed by atoms with E-state index >= 15 is 0 Å². The zero-order chi connectivity index (χ0) is 16.8. The highest BCUT2D eigenvalue weighted by Crippen LogP contribution is 2.47. The van der Waals surface area contributed by atoms with Crippen molar-refractivity contribution in [1.82, 2.24) is 0 Å². The average Bonchev–Trinajstić information content (AvgIpc) is 3.15. The molecular formula is C19H14O5. The summed E-state index contributed by atoms with van der Waals surface area (Å²) in [6.07, 6.45) is 3.16. The number of carbonyl (C=O) groups is 1. The van der Waals surface area contributed by atoms with Crippen LogP contribution in [0.15, 0.2) is 46.8 Å². The van der Waals surface area contributed by atoms with E-state index in [-0.39, 0.29) is 17.3 Å². The summed E-state index contributed by atoms with van der Waals surface area (Å²) in [5, 5.41) is 10.4. The number of methoxy groups -OCH3 is 1. The smallest absolute Gasteiger partial charge is 0.232 e. The van der Waals surface area contributed by atoms with Crippen molar-refractivity contribution in [2.45, 2.75) is 6.92 Å². The Morgan fingerprint density at radius 2 is 2.08 bits per heavy atom. The van der Waals surface area contributed by atoms with Gasteiger partial charge in [0.1, 0.15) is 5.75 Å². The number of phenolic OH excluding ortho intramolecular Hbond substituents is 1. The monoisotopic (exact) mass is 322 g/mol. The maximum atomic E-state index is 12.8. The summed E-state index contributed by atoms with van der Waals surface area (Å²) < 4.78 is 16.7. The summed E-state index contributed by atoms with van der Waals surface area (Å²) in [6.45, 7) is 1.86. The van der Waals surface area contributed by atoms with Crippen LogP contribution in [-0.2, 0) is 0 Å². The van der Waals surface area contributed by atoms with Crippen LogP contribution < -0.4 is 9.47 Å². The molecule has 0 fully saturated rings. The maximum absolute atomic E-state index is 12.8. The number of fused-ring (bicyclic) bond motifs is 2. The molecule has 2 aromatic carbocycles. The molecule has 0 radical (unpaired) electrons. The Bertz CT molecular complexity index is 1010. The highest BCUT2D eigenvalue weighted by atomic mass is 16.5. The average molecular weight is 322 g/mol. The van der Waals surface area contributed by atoms with Crippen molar-refractivity contribution >= 4 is 22.8 Å². The van der Waals surface area contributed by atoms with Crippen molar-refractivity contribution in [1.29, 1.82) is 0 Å². The molecule has 2 heterocycles. The minimum Gasteiger partial charge on any atom is -0.508 e. The van der Waals surface area contributed by atoms with Crippen molar-refractivity contribution in [3.8, 4) is 17.2 Å². The number of Topliss-reactive ketones (excluding diaryl/α,β-unsaturated/α-hetero) is 1. The van der Waals surface area contributed by atoms with E-state index in [2.05, 4.69) is 0 Å². The second-order valence-corrected chi connectivity index (χ2v) is 5.56. The Kier molecular flexibility index (Phi) is 3.09. The van der Waals surface area contributed by atoms with Crippen LogP contribution in [0.25, 0.3) is 17.0 Å². The molecule has 1 N–H and O–H groups in total. The predicted octanol–water partition coefficient (Wildman–Crippen LogP) is 4.07. The fourth-order valence-electron chi connectivity index (χ4n) is 3.00. The molecule has 0 saturated heterocycles. The van der Waals surface area contributed by atoms with Crippen molar-refractivity contribution in [2.24, 2.45) is 0 Å². The van der Waals surface area contributed by atoms with Gasteiger partial charge in [0.25, 0.3) is 0 Å². The van der Waals surface area contributed by atoms with Gasteiger partial charge in [0, 0.05) is 5.39 Å². The van der Waals surface area contributed by atoms with Gasteiger partial charge in [-0.25, -0.2) is 0 Å². The normalized spacial score (nSPS) is 14.9. The lowest BCUT2D eigenvalue weighted by Gasteiger charge is -2.08. The number of phenols is 1. The predicted molar refractivity (Wildman–Crippen MR) is 88.5 cm³/mol. The van der Waals surface area contributed by atoms with Crippen molar-refractivity contribution in [2.75, 3.05) is 7.11 Å². The topological polar surface area (TPSA) is 68.9 Å². The molecule has 0 amide bonds. The lowest BCUT2D eigenvalue weighted by Crippen LogP contribution is -1.99. The van der Waals surface area contributed by atoms with Gasteiger partial charge in [0.05, 0.1) is 18.9 Å². The van der Waals surface area contributed by atoms with Gasteiger partial charge in [-0.3, -0.25) is 4.79 Å². The van der Waals surface area contributed by atoms with E-state index in [1.807, 2.05) is 6.92 Å². The molecule has 0 aliphatic carbocycles. The van der Waals surface area contributed by atoms with Crippen molar-refractivity contribution in [3.05, 3.63) is 59.0 Å². The Labute approximate surface area is 137 Å². The number of ketones is 1. The molecule has 1 aromatic heterocycles. The summed E-state index contributed by atoms with van der Waals surface area (Å²) in [5.74, 6) is 0.868. The summed E-state index contributed by atoms with van der Waals surface area (Å²) in [4.78, 5) is 12.8. The second kappa shape index (κ2) is 5.16. The van der Waals surface area contributed by atoms with Gasteiger partial charge in [-0.05, 0) is 42.3 Å². The Balaban J connectivity index is 1.90. The zero-order valence-electron chi connectivity index (χ0n) is 13.1. The van der Waals surface area contributed by atoms with E-state index < -0.39 is 0 Å². The van der Waals surface area contributed by atoms with Crippen LogP contribution >= 0.6 is 0 Å². The molecule has 4 rings (SSSR count). The lowest BCUT2D eigenvalue weighted by atomic mass is 9.99. The Morgan fingerprint density at radius 1 is 1.25 bits per heavy atom. The summed E-state index contributed by atoms with van der Waals surface area (Å²) in [5.41, 5.74) is 2.50. The van der Waals surface area contributed by atoms with Crippen molar-refractivity contribution in [3.63, 3.8) is 0 Å². The number of furan rings is 1. The third kappa shape index (κ3) is 1.98. The van der Waals surface area contributed by atoms with Crippen LogP contribution in [-0.4, -0.2) is 18.0 Å². The highest BCUT2D eigenvalue weighted by molar-refractivity contribution is 6.18. The molecule has 0 atom stereocenters. The SMILES string of the molecule is COc1c2c(c(C)c3ccoc13)C(=O)/C(=C\c1cccc(O)c1)O2. The van der Waals surface area contributed by atoms with E-state index in [1.165, 1.54) is 7.11 Å². The van der Waals surface area contributed by atoms with Gasteiger partial charge in [-0.1, -0.05) is 12.1 Å². The Morgan fingerprint density at radius 3 is 2.83 bits per heavy atom. The maximum Gasteiger partial charge on any atom is 0.232 e. The lowest BCUT2D eigenvalue weighted by molar-refractivity contribution is 0.101. The quantitative estimate of drug-likeness (QED) is 0.720. The third-order valence-corrected chi connectivity index (χ3v) is 4.12. The first-order valence-corrected chi connectivity index (χ1v) is 7.41.